The lowest BCUT2D eigenvalue weighted by molar-refractivity contribution is -0.146. The average molecular weight is 605 g/mol. The Morgan fingerprint density at radius 3 is 2.37 bits per heavy atom. The highest BCUT2D eigenvalue weighted by Gasteiger charge is 2.42. The third kappa shape index (κ3) is 9.75. The van der Waals surface area contributed by atoms with Gasteiger partial charge in [-0.2, -0.15) is 0 Å². The number of methoxy groups -OCH3 is 2. The summed E-state index contributed by atoms with van der Waals surface area (Å²) in [5, 5.41) is 14.8. The van der Waals surface area contributed by atoms with E-state index in [2.05, 4.69) is 10.6 Å². The van der Waals surface area contributed by atoms with Crippen molar-refractivity contribution in [1.82, 2.24) is 20.4 Å². The van der Waals surface area contributed by atoms with Gasteiger partial charge < -0.3 is 35.0 Å². The van der Waals surface area contributed by atoms with Gasteiger partial charge in [-0.3, -0.25) is 19.2 Å². The number of hydrogen-bond acceptors (Lipinski definition) is 7. The van der Waals surface area contributed by atoms with E-state index < -0.39 is 48.1 Å². The van der Waals surface area contributed by atoms with Crippen molar-refractivity contribution in [3.8, 4) is 0 Å². The number of carbonyl (C=O) groups excluding carboxylic acids is 4. The van der Waals surface area contributed by atoms with Crippen LogP contribution in [-0.4, -0.2) is 110 Å². The van der Waals surface area contributed by atoms with Crippen LogP contribution < -0.4 is 10.6 Å². The van der Waals surface area contributed by atoms with Crippen molar-refractivity contribution in [2.75, 3.05) is 34.4 Å². The Balaban J connectivity index is 2.17. The average Bonchev–Trinajstić information content (AvgIpc) is 3.49. The number of benzene rings is 1. The molecule has 1 aliphatic heterocycles. The summed E-state index contributed by atoms with van der Waals surface area (Å²) in [5.74, 6) is -2.81. The third-order valence-corrected chi connectivity index (χ3v) is 8.54. The molecule has 0 radical (unpaired) electrons. The number of likely N-dealkylation sites (N-methyl/N-ethyl adjacent to an activating group) is 1. The summed E-state index contributed by atoms with van der Waals surface area (Å²) in [5.41, 5.74) is 0.787. The quantitative estimate of drug-likeness (QED) is 0.213. The summed E-state index contributed by atoms with van der Waals surface area (Å²) in [4.78, 5) is 65.6. The van der Waals surface area contributed by atoms with Crippen molar-refractivity contribution in [2.45, 2.75) is 83.2 Å². The zero-order valence-corrected chi connectivity index (χ0v) is 26.2. The van der Waals surface area contributed by atoms with E-state index in [1.54, 1.807) is 31.0 Å². The van der Waals surface area contributed by atoms with E-state index in [0.29, 0.717) is 19.4 Å². The number of carboxylic acids is 1. The first kappa shape index (κ1) is 35.7. The molecule has 1 aromatic rings. The summed E-state index contributed by atoms with van der Waals surface area (Å²) < 4.78 is 11.6. The first-order chi connectivity index (χ1) is 20.5. The van der Waals surface area contributed by atoms with Gasteiger partial charge >= 0.3 is 5.97 Å². The predicted molar refractivity (Wildman–Crippen MR) is 160 cm³/mol. The number of likely N-dealkylation sites (tertiary alicyclic amines) is 1. The highest BCUT2D eigenvalue weighted by molar-refractivity contribution is 5.85. The smallest absolute Gasteiger partial charge is 0.326 e. The van der Waals surface area contributed by atoms with Crippen molar-refractivity contribution in [3.63, 3.8) is 0 Å². The fourth-order valence-electron chi connectivity index (χ4n) is 5.93. The van der Waals surface area contributed by atoms with E-state index in [1.807, 2.05) is 32.0 Å². The van der Waals surface area contributed by atoms with Gasteiger partial charge in [0.25, 0.3) is 0 Å². The van der Waals surface area contributed by atoms with Gasteiger partial charge in [-0.25, -0.2) is 4.79 Å². The van der Waals surface area contributed by atoms with Crippen LogP contribution in [0.5, 0.6) is 0 Å². The molecular formula is C31H48N4O8. The van der Waals surface area contributed by atoms with Gasteiger partial charge in [-0.1, -0.05) is 57.5 Å². The monoisotopic (exact) mass is 604 g/mol. The number of ether oxygens (including phenoxy) is 2. The Morgan fingerprint density at radius 1 is 1.14 bits per heavy atom. The number of carboxylic acid groups (broad SMARTS) is 1. The van der Waals surface area contributed by atoms with Gasteiger partial charge in [0.2, 0.25) is 24.1 Å². The van der Waals surface area contributed by atoms with Crippen molar-refractivity contribution < 1.29 is 38.6 Å². The minimum Gasteiger partial charge on any atom is -0.480 e. The molecule has 0 spiro atoms. The van der Waals surface area contributed by atoms with E-state index in [1.165, 1.54) is 19.1 Å². The molecule has 12 nitrogen and oxygen atoms in total. The molecule has 0 aliphatic carbocycles. The van der Waals surface area contributed by atoms with E-state index in [4.69, 9.17) is 9.47 Å². The fourth-order valence-corrected chi connectivity index (χ4v) is 5.93. The number of nitrogens with one attached hydrogen (secondary N) is 2. The van der Waals surface area contributed by atoms with Gasteiger partial charge in [-0.05, 0) is 24.3 Å². The lowest BCUT2D eigenvalue weighted by Crippen LogP contribution is -2.54. The SMILES string of the molecule is CCC(C)C(C(CC(=O)N1CCCC1C(OC)C(C)C(=O)NC(Cc1ccccc1)C(=O)O)OC)N(C)C(=O)CNC=O. The number of nitrogens with zero attached hydrogens (tertiary/aromatic N) is 2. The van der Waals surface area contributed by atoms with Crippen LogP contribution in [-0.2, 0) is 39.9 Å². The van der Waals surface area contributed by atoms with Crippen LogP contribution in [0.1, 0.15) is 52.0 Å². The Bertz CT molecular complexity index is 1070. The first-order valence-electron chi connectivity index (χ1n) is 14.8. The van der Waals surface area contributed by atoms with Gasteiger partial charge in [0.1, 0.15) is 6.04 Å². The second kappa shape index (κ2) is 17.6. The fraction of sp³-hybridized carbons (Fsp3) is 0.645. The predicted octanol–water partition coefficient (Wildman–Crippen LogP) is 1.46. The van der Waals surface area contributed by atoms with Crippen LogP contribution in [0, 0.1) is 11.8 Å². The minimum absolute atomic E-state index is 0.00538. The maximum Gasteiger partial charge on any atom is 0.326 e. The van der Waals surface area contributed by atoms with Crippen LogP contribution in [0.3, 0.4) is 0 Å². The van der Waals surface area contributed by atoms with Crippen LogP contribution in [0.2, 0.25) is 0 Å². The van der Waals surface area contributed by atoms with E-state index in [9.17, 15) is 29.1 Å². The van der Waals surface area contributed by atoms with Crippen LogP contribution in [0.25, 0.3) is 0 Å². The molecule has 43 heavy (non-hydrogen) atoms. The van der Waals surface area contributed by atoms with Crippen molar-refractivity contribution in [1.29, 1.82) is 0 Å². The molecule has 1 aromatic carbocycles. The molecule has 0 saturated carbocycles. The highest BCUT2D eigenvalue weighted by atomic mass is 16.5. The second-order valence-corrected chi connectivity index (χ2v) is 11.2. The summed E-state index contributed by atoms with van der Waals surface area (Å²) >= 11 is 0. The normalized spacial score (nSPS) is 18.9. The van der Waals surface area contributed by atoms with Crippen LogP contribution in [0.15, 0.2) is 30.3 Å². The molecule has 1 heterocycles. The molecule has 0 aromatic heterocycles. The van der Waals surface area contributed by atoms with Gasteiger partial charge in [0.15, 0.2) is 0 Å². The Kier molecular flexibility index (Phi) is 14.6. The maximum absolute atomic E-state index is 13.7. The van der Waals surface area contributed by atoms with Gasteiger partial charge in [-0.15, -0.1) is 0 Å². The Morgan fingerprint density at radius 2 is 1.81 bits per heavy atom. The molecule has 240 valence electrons. The molecule has 2 rings (SSSR count). The van der Waals surface area contributed by atoms with Gasteiger partial charge in [0.05, 0.1) is 43.2 Å². The molecule has 4 amide bonds. The molecule has 3 N–H and O–H groups in total. The van der Waals surface area contributed by atoms with Crippen molar-refractivity contribution in [3.05, 3.63) is 35.9 Å². The number of hydrogen-bond donors (Lipinski definition) is 3. The molecule has 7 unspecified atom stereocenters. The van der Waals surface area contributed by atoms with E-state index in [-0.39, 0.29) is 37.1 Å². The number of carbonyl (C=O) groups is 5. The second-order valence-electron chi connectivity index (χ2n) is 11.2. The molecule has 0 bridgehead atoms. The number of rotatable bonds is 18. The maximum atomic E-state index is 13.7. The van der Waals surface area contributed by atoms with Crippen molar-refractivity contribution >= 4 is 30.1 Å². The summed E-state index contributed by atoms with van der Waals surface area (Å²) in [6, 6.07) is 7.14. The lowest BCUT2D eigenvalue weighted by atomic mass is 9.90. The first-order valence-corrected chi connectivity index (χ1v) is 14.8. The Labute approximate surface area is 254 Å². The molecule has 1 saturated heterocycles. The minimum atomic E-state index is -1.14. The van der Waals surface area contributed by atoms with E-state index in [0.717, 1.165) is 18.4 Å². The van der Waals surface area contributed by atoms with Crippen molar-refractivity contribution in [2.24, 2.45) is 11.8 Å². The largest absolute Gasteiger partial charge is 0.480 e. The highest BCUT2D eigenvalue weighted by Crippen LogP contribution is 2.29. The lowest BCUT2D eigenvalue weighted by Gasteiger charge is -2.39. The molecule has 1 fully saturated rings. The Hall–Kier alpha value is -3.51. The van der Waals surface area contributed by atoms with Gasteiger partial charge in [0, 0.05) is 34.2 Å². The molecule has 12 heteroatoms. The topological polar surface area (TPSA) is 155 Å². The summed E-state index contributed by atoms with van der Waals surface area (Å²) in [6.45, 7) is 5.98. The summed E-state index contributed by atoms with van der Waals surface area (Å²) in [6.07, 6.45) is 1.42. The zero-order valence-electron chi connectivity index (χ0n) is 26.2. The number of amides is 4. The van der Waals surface area contributed by atoms with Crippen LogP contribution >= 0.6 is 0 Å². The molecule has 7 atom stereocenters. The summed E-state index contributed by atoms with van der Waals surface area (Å²) in [7, 11) is 4.64. The van der Waals surface area contributed by atoms with E-state index >= 15 is 0 Å². The van der Waals surface area contributed by atoms with Crippen LogP contribution in [0.4, 0.5) is 0 Å². The zero-order chi connectivity index (χ0) is 32.1. The molecule has 1 aliphatic rings. The standard InChI is InChI=1S/C31H48N4O8/c1-7-20(2)28(34(4)27(38)18-32-19-36)25(42-5)17-26(37)35-15-11-14-24(35)29(43-6)21(3)30(39)33-23(31(40)41)16-22-12-9-8-10-13-22/h8-10,12-13,19-21,23-25,28-29H,7,11,14-18H2,1-6H3,(H,32,36)(H,33,39)(H,40,41). The number of aliphatic carboxylic acids is 1. The third-order valence-electron chi connectivity index (χ3n) is 8.54. The molecular weight excluding hydrogens is 556 g/mol.